The van der Waals surface area contributed by atoms with Crippen LogP contribution < -0.4 is 5.32 Å². The molecule has 0 atom stereocenters. The number of aromatic nitrogens is 1. The van der Waals surface area contributed by atoms with Gasteiger partial charge in [-0.15, -0.1) is 0 Å². The van der Waals surface area contributed by atoms with Gasteiger partial charge in [-0.25, -0.2) is 0 Å². The van der Waals surface area contributed by atoms with E-state index < -0.39 is 8.07 Å². The predicted molar refractivity (Wildman–Crippen MR) is 62.8 cm³/mol. The summed E-state index contributed by atoms with van der Waals surface area (Å²) in [6.45, 7) is 21.8. The summed E-state index contributed by atoms with van der Waals surface area (Å²) >= 11 is 0. The minimum absolute atomic E-state index is 0. The van der Waals surface area contributed by atoms with E-state index in [4.69, 9.17) is 14.0 Å². The second-order valence-electron chi connectivity index (χ2n) is 3.14. The van der Waals surface area contributed by atoms with Crippen LogP contribution in [-0.4, -0.2) is 13.1 Å². The van der Waals surface area contributed by atoms with Crippen LogP contribution in [0.4, 0.5) is 0 Å². The maximum atomic E-state index is 7.50. The molecule has 0 aromatic carbocycles. The Hall–Kier alpha value is -0.790. The zero-order valence-electron chi connectivity index (χ0n) is 10.1. The van der Waals surface area contributed by atoms with Crippen molar-refractivity contribution in [2.45, 2.75) is 13.1 Å². The van der Waals surface area contributed by atoms with Crippen molar-refractivity contribution in [3.8, 4) is 0 Å². The first-order chi connectivity index (χ1) is 8.17. The fraction of sp³-hybridized carbons (Fsp3) is 0.167. The largest absolute Gasteiger partial charge is 0.266 e. The van der Waals surface area contributed by atoms with Crippen molar-refractivity contribution < 1.29 is 33.4 Å². The van der Waals surface area contributed by atoms with Crippen LogP contribution in [0, 0.1) is 32.9 Å². The molecule has 0 saturated carbocycles. The third-order valence-electron chi connectivity index (χ3n) is 1.84. The minimum atomic E-state index is -1.40. The smallest absolute Gasteiger partial charge is 0.107 e. The van der Waals surface area contributed by atoms with Crippen molar-refractivity contribution in [2.75, 3.05) is 0 Å². The predicted octanol–water partition coefficient (Wildman–Crippen LogP) is 1.46. The van der Waals surface area contributed by atoms with Gasteiger partial charge in [-0.05, 0) is 18.2 Å². The Morgan fingerprint density at radius 3 is 1.83 bits per heavy atom. The zero-order chi connectivity index (χ0) is 14.3. The minimum Gasteiger partial charge on any atom is -0.266 e. The summed E-state index contributed by atoms with van der Waals surface area (Å²) in [6.07, 6.45) is 1.84. The van der Waals surface area contributed by atoms with Gasteiger partial charge in [0.1, 0.15) is 8.07 Å². The Kier molecular flexibility index (Phi) is 26.7. The molecule has 0 saturated heterocycles. The van der Waals surface area contributed by atoms with Gasteiger partial charge in [0.25, 0.3) is 0 Å². The maximum Gasteiger partial charge on any atom is 0.107 e. The van der Waals surface area contributed by atoms with Crippen LogP contribution >= 0.6 is 0 Å². The van der Waals surface area contributed by atoms with Crippen molar-refractivity contribution in [1.82, 2.24) is 4.98 Å². The third-order valence-corrected chi connectivity index (χ3v) is 4.47. The van der Waals surface area contributed by atoms with E-state index in [2.05, 4.69) is 57.1 Å². The Balaban J connectivity index is -0.000000123. The SMILES string of the molecule is [C-]#[O+].[C-]#[O+].[C-]#[O+].[CH2][CH][Si](C)(C)c1ccccn1.[Ru]. The zero-order valence-corrected chi connectivity index (χ0v) is 12.9. The molecule has 1 rings (SSSR count). The first-order valence-corrected chi connectivity index (χ1v) is 7.41. The number of nitrogens with zero attached hydrogens (tertiary/aromatic N) is 1. The van der Waals surface area contributed by atoms with Crippen LogP contribution in [0.15, 0.2) is 24.4 Å². The Bertz CT molecular complexity index is 322. The normalized spacial score (nSPS) is 7.39. The standard InChI is InChI=1S/C9H13NSi.3CO.Ru/c1-4-11(2,3)9-7-5-6-8-10-9;3*1-2;/h4-8H,1H2,2-3H3;;;;. The topological polar surface area (TPSA) is 72.6 Å². The molecule has 0 amide bonds. The summed E-state index contributed by atoms with van der Waals surface area (Å²) < 4.78 is 22.5. The fourth-order valence-electron chi connectivity index (χ4n) is 0.848. The molecular formula is C12H13NO3RuSi. The summed E-state index contributed by atoms with van der Waals surface area (Å²) in [5, 5.41) is 1.20. The number of pyridine rings is 1. The van der Waals surface area contributed by atoms with Gasteiger partial charge in [-0.2, -0.15) is 0 Å². The Morgan fingerprint density at radius 2 is 1.56 bits per heavy atom. The van der Waals surface area contributed by atoms with E-state index in [0.717, 1.165) is 0 Å². The Morgan fingerprint density at radius 1 is 1.11 bits per heavy atom. The second kappa shape index (κ2) is 18.6. The molecule has 0 N–H and O–H groups in total. The van der Waals surface area contributed by atoms with Gasteiger partial charge in [0.2, 0.25) is 0 Å². The van der Waals surface area contributed by atoms with E-state index >= 15 is 0 Å². The monoisotopic (exact) mass is 349 g/mol. The first kappa shape index (κ1) is 25.9. The molecule has 0 aliphatic carbocycles. The van der Waals surface area contributed by atoms with Crippen LogP contribution in [0.2, 0.25) is 13.1 Å². The van der Waals surface area contributed by atoms with E-state index in [1.165, 1.54) is 5.32 Å². The summed E-state index contributed by atoms with van der Waals surface area (Å²) in [7, 11) is -1.40. The van der Waals surface area contributed by atoms with Gasteiger partial charge in [-0.3, -0.25) is 4.98 Å². The van der Waals surface area contributed by atoms with Crippen LogP contribution in [0.1, 0.15) is 0 Å². The van der Waals surface area contributed by atoms with Gasteiger partial charge in [0, 0.05) is 31.0 Å². The van der Waals surface area contributed by atoms with E-state index in [1.807, 2.05) is 18.3 Å². The molecule has 0 aliphatic heterocycles. The van der Waals surface area contributed by atoms with E-state index in [9.17, 15) is 0 Å². The second-order valence-corrected chi connectivity index (χ2v) is 7.50. The fourth-order valence-corrected chi connectivity index (χ4v) is 1.99. The molecule has 96 valence electrons. The number of hydrogen-bond acceptors (Lipinski definition) is 1. The average Bonchev–Trinajstić information content (AvgIpc) is 2.46. The third kappa shape index (κ3) is 11.7. The molecule has 1 aromatic heterocycles. The molecule has 0 spiro atoms. The summed E-state index contributed by atoms with van der Waals surface area (Å²) in [4.78, 5) is 4.31. The molecule has 0 unspecified atom stereocenters. The molecule has 2 radical (unpaired) electrons. The van der Waals surface area contributed by atoms with Crippen LogP contribution in [-0.2, 0) is 33.4 Å². The van der Waals surface area contributed by atoms with Crippen molar-refractivity contribution >= 4 is 13.4 Å². The molecule has 6 heteroatoms. The van der Waals surface area contributed by atoms with Gasteiger partial charge in [-0.1, -0.05) is 26.1 Å². The summed E-state index contributed by atoms with van der Waals surface area (Å²) in [6, 6.07) is 8.10. The summed E-state index contributed by atoms with van der Waals surface area (Å²) in [5.41, 5.74) is 0. The molecule has 0 fully saturated rings. The number of rotatable bonds is 2. The molecule has 1 aromatic rings. The van der Waals surface area contributed by atoms with E-state index in [-0.39, 0.29) is 19.5 Å². The van der Waals surface area contributed by atoms with Crippen molar-refractivity contribution in [2.24, 2.45) is 0 Å². The van der Waals surface area contributed by atoms with E-state index in [1.54, 1.807) is 0 Å². The van der Waals surface area contributed by atoms with Gasteiger partial charge >= 0.3 is 33.9 Å². The molecule has 0 bridgehead atoms. The van der Waals surface area contributed by atoms with Crippen LogP contribution in [0.5, 0.6) is 0 Å². The molecule has 18 heavy (non-hydrogen) atoms. The molecular weight excluding hydrogens is 335 g/mol. The molecule has 4 nitrogen and oxygen atoms in total. The van der Waals surface area contributed by atoms with Gasteiger partial charge in [0.15, 0.2) is 0 Å². The van der Waals surface area contributed by atoms with Crippen LogP contribution in [0.3, 0.4) is 0 Å². The molecule has 1 heterocycles. The summed E-state index contributed by atoms with van der Waals surface area (Å²) in [5.74, 6) is 0. The maximum absolute atomic E-state index is 7.50. The van der Waals surface area contributed by atoms with Crippen LogP contribution in [0.25, 0.3) is 0 Å². The van der Waals surface area contributed by atoms with Gasteiger partial charge in [0.05, 0.1) is 0 Å². The van der Waals surface area contributed by atoms with E-state index in [0.29, 0.717) is 0 Å². The van der Waals surface area contributed by atoms with Gasteiger partial charge < -0.3 is 0 Å². The Labute approximate surface area is 122 Å². The van der Waals surface area contributed by atoms with Crippen molar-refractivity contribution in [3.05, 3.63) is 57.3 Å². The number of hydrogen-bond donors (Lipinski definition) is 0. The first-order valence-electron chi connectivity index (χ1n) is 4.33. The van der Waals surface area contributed by atoms with Crippen molar-refractivity contribution in [1.29, 1.82) is 0 Å². The quantitative estimate of drug-likeness (QED) is 0.453. The average molecular weight is 348 g/mol. The molecule has 0 aliphatic rings. The van der Waals surface area contributed by atoms with Crippen molar-refractivity contribution in [3.63, 3.8) is 0 Å².